The molecule has 0 spiro atoms. The van der Waals surface area contributed by atoms with Crippen molar-refractivity contribution in [2.24, 2.45) is 5.92 Å². The van der Waals surface area contributed by atoms with Gasteiger partial charge in [0.15, 0.2) is 0 Å². The van der Waals surface area contributed by atoms with Gasteiger partial charge in [-0.3, -0.25) is 0 Å². The summed E-state index contributed by atoms with van der Waals surface area (Å²) in [6.07, 6.45) is 5.65. The molecule has 2 unspecified atom stereocenters. The average molecular weight is 263 g/mol. The minimum absolute atomic E-state index is 0.102. The molecule has 2 nitrogen and oxygen atoms in total. The highest BCUT2D eigenvalue weighted by molar-refractivity contribution is 6.33. The summed E-state index contributed by atoms with van der Waals surface area (Å²) in [4.78, 5) is 0. The van der Waals surface area contributed by atoms with Gasteiger partial charge in [0.2, 0.25) is 0 Å². The van der Waals surface area contributed by atoms with E-state index in [-0.39, 0.29) is 12.0 Å². The number of nitriles is 1. The van der Waals surface area contributed by atoms with E-state index >= 15 is 0 Å². The zero-order chi connectivity index (χ0) is 13.0. The van der Waals surface area contributed by atoms with Crippen LogP contribution in [-0.2, 0) is 0 Å². The van der Waals surface area contributed by atoms with Crippen molar-refractivity contribution in [2.45, 2.75) is 45.1 Å². The summed E-state index contributed by atoms with van der Waals surface area (Å²) in [5.74, 6) is 0.102. The molecule has 1 aliphatic rings. The van der Waals surface area contributed by atoms with Crippen LogP contribution >= 0.6 is 11.6 Å². The molecule has 1 aromatic rings. The summed E-state index contributed by atoms with van der Waals surface area (Å²) in [5.41, 5.74) is 2.11. The molecule has 1 fully saturated rings. The molecular weight excluding hydrogens is 244 g/mol. The maximum absolute atomic E-state index is 9.25. The second-order valence-electron chi connectivity index (χ2n) is 5.11. The second kappa shape index (κ2) is 6.11. The number of aryl methyl sites for hydroxylation is 1. The molecule has 1 N–H and O–H groups in total. The standard InChI is InChI=1S/C15H19ClN2/c1-11-7-8-15(13(16)9-11)18-14-6-4-2-3-5-12(14)10-17/h7-9,12,14,18H,2-6H2,1H3. The first-order chi connectivity index (χ1) is 8.70. The first-order valence-electron chi connectivity index (χ1n) is 6.63. The molecule has 0 bridgehead atoms. The van der Waals surface area contributed by atoms with Crippen LogP contribution in [0.4, 0.5) is 5.69 Å². The third-order valence-electron chi connectivity index (χ3n) is 3.65. The van der Waals surface area contributed by atoms with Crippen LogP contribution in [0.3, 0.4) is 0 Å². The molecule has 2 rings (SSSR count). The van der Waals surface area contributed by atoms with E-state index in [9.17, 15) is 5.26 Å². The van der Waals surface area contributed by atoms with Gasteiger partial charge in [-0.2, -0.15) is 5.26 Å². The number of nitrogens with one attached hydrogen (secondary N) is 1. The summed E-state index contributed by atoms with van der Waals surface area (Å²) < 4.78 is 0. The molecule has 1 saturated carbocycles. The van der Waals surface area contributed by atoms with E-state index in [1.807, 2.05) is 25.1 Å². The lowest BCUT2D eigenvalue weighted by Gasteiger charge is -2.22. The van der Waals surface area contributed by atoms with Crippen molar-refractivity contribution in [3.8, 4) is 6.07 Å². The number of hydrogen-bond acceptors (Lipinski definition) is 2. The van der Waals surface area contributed by atoms with Gasteiger partial charge in [0.25, 0.3) is 0 Å². The largest absolute Gasteiger partial charge is 0.380 e. The molecule has 0 saturated heterocycles. The minimum Gasteiger partial charge on any atom is -0.380 e. The fraction of sp³-hybridized carbons (Fsp3) is 0.533. The van der Waals surface area contributed by atoms with E-state index in [1.165, 1.54) is 12.8 Å². The summed E-state index contributed by atoms with van der Waals surface area (Å²) in [6.45, 7) is 2.03. The van der Waals surface area contributed by atoms with Crippen molar-refractivity contribution in [1.29, 1.82) is 5.26 Å². The van der Waals surface area contributed by atoms with Crippen LogP contribution in [-0.4, -0.2) is 6.04 Å². The number of rotatable bonds is 2. The van der Waals surface area contributed by atoms with Crippen LogP contribution in [0.15, 0.2) is 18.2 Å². The average Bonchev–Trinajstić information content (AvgIpc) is 2.57. The first kappa shape index (κ1) is 13.2. The highest BCUT2D eigenvalue weighted by Gasteiger charge is 2.23. The molecule has 1 aliphatic carbocycles. The molecule has 18 heavy (non-hydrogen) atoms. The molecule has 0 aromatic heterocycles. The molecule has 2 atom stereocenters. The van der Waals surface area contributed by atoms with E-state index in [0.717, 1.165) is 35.5 Å². The summed E-state index contributed by atoms with van der Waals surface area (Å²) in [7, 11) is 0. The van der Waals surface area contributed by atoms with Gasteiger partial charge in [0.05, 0.1) is 22.7 Å². The van der Waals surface area contributed by atoms with Crippen LogP contribution in [0.5, 0.6) is 0 Å². The number of halogens is 1. The summed E-state index contributed by atoms with van der Waals surface area (Å²) in [5, 5.41) is 13.5. The van der Waals surface area contributed by atoms with Crippen molar-refractivity contribution in [1.82, 2.24) is 0 Å². The summed E-state index contributed by atoms with van der Waals surface area (Å²) in [6, 6.07) is 8.69. The summed E-state index contributed by atoms with van der Waals surface area (Å²) >= 11 is 6.24. The predicted octanol–water partition coefficient (Wildman–Crippen LogP) is 4.53. The number of nitrogens with zero attached hydrogens (tertiary/aromatic N) is 1. The Hall–Kier alpha value is -1.20. The van der Waals surface area contributed by atoms with Crippen LogP contribution in [0.25, 0.3) is 0 Å². The zero-order valence-electron chi connectivity index (χ0n) is 10.7. The van der Waals surface area contributed by atoms with Crippen molar-refractivity contribution in [3.63, 3.8) is 0 Å². The molecule has 96 valence electrons. The highest BCUT2D eigenvalue weighted by Crippen LogP contribution is 2.29. The molecule has 1 aromatic carbocycles. The molecular formula is C15H19ClN2. The second-order valence-corrected chi connectivity index (χ2v) is 5.51. The van der Waals surface area contributed by atoms with Crippen LogP contribution < -0.4 is 5.32 Å². The van der Waals surface area contributed by atoms with Gasteiger partial charge in [-0.1, -0.05) is 36.9 Å². The number of hydrogen-bond donors (Lipinski definition) is 1. The molecule has 0 amide bonds. The van der Waals surface area contributed by atoms with E-state index in [2.05, 4.69) is 11.4 Å². The van der Waals surface area contributed by atoms with Crippen LogP contribution in [0, 0.1) is 24.2 Å². The monoisotopic (exact) mass is 262 g/mol. The van der Waals surface area contributed by atoms with Gasteiger partial charge in [0.1, 0.15) is 0 Å². The van der Waals surface area contributed by atoms with Crippen molar-refractivity contribution >= 4 is 17.3 Å². The fourth-order valence-corrected chi connectivity index (χ4v) is 2.86. The predicted molar refractivity (Wildman–Crippen MR) is 75.8 cm³/mol. The molecule has 3 heteroatoms. The maximum atomic E-state index is 9.25. The fourth-order valence-electron chi connectivity index (χ4n) is 2.57. The van der Waals surface area contributed by atoms with Crippen LogP contribution in [0.2, 0.25) is 5.02 Å². The Labute approximate surface area is 114 Å². The van der Waals surface area contributed by atoms with Crippen molar-refractivity contribution < 1.29 is 0 Å². The lowest BCUT2D eigenvalue weighted by atomic mass is 9.96. The third-order valence-corrected chi connectivity index (χ3v) is 3.96. The van der Waals surface area contributed by atoms with Crippen molar-refractivity contribution in [2.75, 3.05) is 5.32 Å². The maximum Gasteiger partial charge on any atom is 0.0677 e. The zero-order valence-corrected chi connectivity index (χ0v) is 11.5. The van der Waals surface area contributed by atoms with Gasteiger partial charge >= 0.3 is 0 Å². The Balaban J connectivity index is 2.13. The molecule has 0 aliphatic heterocycles. The SMILES string of the molecule is Cc1ccc(NC2CCCCCC2C#N)c(Cl)c1. The Bertz CT molecular complexity index is 450. The van der Waals surface area contributed by atoms with Gasteiger partial charge in [-0.15, -0.1) is 0 Å². The lowest BCUT2D eigenvalue weighted by Crippen LogP contribution is -2.27. The minimum atomic E-state index is 0.102. The lowest BCUT2D eigenvalue weighted by molar-refractivity contribution is 0.514. The molecule has 0 heterocycles. The van der Waals surface area contributed by atoms with Gasteiger partial charge < -0.3 is 5.32 Å². The van der Waals surface area contributed by atoms with E-state index < -0.39 is 0 Å². The number of anilines is 1. The Kier molecular flexibility index (Phi) is 4.49. The van der Waals surface area contributed by atoms with E-state index in [4.69, 9.17) is 11.6 Å². The quantitative estimate of drug-likeness (QED) is 0.795. The van der Waals surface area contributed by atoms with Gasteiger partial charge in [-0.05, 0) is 37.5 Å². The smallest absolute Gasteiger partial charge is 0.0677 e. The van der Waals surface area contributed by atoms with Gasteiger partial charge in [-0.25, -0.2) is 0 Å². The van der Waals surface area contributed by atoms with Crippen LogP contribution in [0.1, 0.15) is 37.7 Å². The van der Waals surface area contributed by atoms with Gasteiger partial charge in [0, 0.05) is 6.04 Å². The Morgan fingerprint density at radius 2 is 2.06 bits per heavy atom. The molecule has 0 radical (unpaired) electrons. The third kappa shape index (κ3) is 3.17. The van der Waals surface area contributed by atoms with E-state index in [1.54, 1.807) is 0 Å². The topological polar surface area (TPSA) is 35.8 Å². The highest BCUT2D eigenvalue weighted by atomic mass is 35.5. The van der Waals surface area contributed by atoms with E-state index in [0.29, 0.717) is 0 Å². The normalized spacial score (nSPS) is 24.1. The Morgan fingerprint density at radius 1 is 1.28 bits per heavy atom. The Morgan fingerprint density at radius 3 is 2.78 bits per heavy atom. The first-order valence-corrected chi connectivity index (χ1v) is 7.01. The van der Waals surface area contributed by atoms with Crippen molar-refractivity contribution in [3.05, 3.63) is 28.8 Å². The number of benzene rings is 1.